The second-order valence-corrected chi connectivity index (χ2v) is 2.67. The summed E-state index contributed by atoms with van der Waals surface area (Å²) in [6, 6.07) is 3.83. The number of methoxy groups -OCH3 is 1. The third-order valence-corrected chi connectivity index (χ3v) is 1.71. The zero-order valence-electron chi connectivity index (χ0n) is 7.47. The van der Waals surface area contributed by atoms with E-state index in [0.717, 1.165) is 0 Å². The predicted molar refractivity (Wildman–Crippen MR) is 49.8 cm³/mol. The van der Waals surface area contributed by atoms with E-state index >= 15 is 0 Å². The van der Waals surface area contributed by atoms with Crippen LogP contribution in [-0.4, -0.2) is 35.4 Å². The molecule has 1 aromatic carbocycles. The van der Waals surface area contributed by atoms with Crippen molar-refractivity contribution in [3.8, 4) is 5.75 Å². The van der Waals surface area contributed by atoms with E-state index in [0.29, 0.717) is 0 Å². The minimum atomic E-state index is -1.71. The van der Waals surface area contributed by atoms with Crippen molar-refractivity contribution in [2.75, 3.05) is 7.11 Å². The molecular weight excluding hydrogens is 187 g/mol. The van der Waals surface area contributed by atoms with Crippen molar-refractivity contribution >= 4 is 18.6 Å². The van der Waals surface area contributed by atoms with E-state index in [9.17, 15) is 4.79 Å². The number of carbonyl (C=O) groups is 1. The Morgan fingerprint density at radius 2 is 2.00 bits per heavy atom. The quantitative estimate of drug-likeness (QED) is 0.543. The Morgan fingerprint density at radius 3 is 2.43 bits per heavy atom. The molecule has 74 valence electrons. The fourth-order valence-corrected chi connectivity index (χ4v) is 1.01. The van der Waals surface area contributed by atoms with Crippen LogP contribution in [0.5, 0.6) is 5.75 Å². The van der Waals surface area contributed by atoms with Crippen LogP contribution in [0.3, 0.4) is 0 Å². The van der Waals surface area contributed by atoms with Gasteiger partial charge in [-0.05, 0) is 23.7 Å². The molecule has 0 saturated heterocycles. The second-order valence-electron chi connectivity index (χ2n) is 2.67. The van der Waals surface area contributed by atoms with Crippen LogP contribution in [0.15, 0.2) is 18.2 Å². The van der Waals surface area contributed by atoms with Gasteiger partial charge in [-0.2, -0.15) is 0 Å². The molecule has 0 spiro atoms. The van der Waals surface area contributed by atoms with Gasteiger partial charge in [-0.1, -0.05) is 0 Å². The van der Waals surface area contributed by atoms with Crippen LogP contribution >= 0.6 is 0 Å². The zero-order chi connectivity index (χ0) is 10.7. The lowest BCUT2D eigenvalue weighted by molar-refractivity contribution is 0.0696. The van der Waals surface area contributed by atoms with E-state index in [1.807, 2.05) is 0 Å². The Morgan fingerprint density at radius 1 is 1.36 bits per heavy atom. The molecule has 3 N–H and O–H groups in total. The molecule has 0 unspecified atom stereocenters. The number of carboxylic acids is 1. The molecule has 0 aromatic heterocycles. The van der Waals surface area contributed by atoms with Gasteiger partial charge < -0.3 is 19.9 Å². The van der Waals surface area contributed by atoms with Crippen molar-refractivity contribution in [1.82, 2.24) is 0 Å². The summed E-state index contributed by atoms with van der Waals surface area (Å²) in [5.74, 6) is -0.876. The Hall–Kier alpha value is -1.53. The van der Waals surface area contributed by atoms with Crippen LogP contribution in [0.1, 0.15) is 10.4 Å². The molecule has 6 heteroatoms. The molecular formula is C8H9BO5. The predicted octanol–water partition coefficient (Wildman–Crippen LogP) is -0.927. The van der Waals surface area contributed by atoms with Crippen molar-refractivity contribution < 1.29 is 24.7 Å². The summed E-state index contributed by atoms with van der Waals surface area (Å²) in [5.41, 5.74) is 0.0363. The first-order valence-corrected chi connectivity index (χ1v) is 3.83. The van der Waals surface area contributed by atoms with Gasteiger partial charge in [-0.15, -0.1) is 0 Å². The molecule has 0 aliphatic rings. The van der Waals surface area contributed by atoms with Crippen molar-refractivity contribution in [2.24, 2.45) is 0 Å². The van der Waals surface area contributed by atoms with Crippen molar-refractivity contribution in [1.29, 1.82) is 0 Å². The fourth-order valence-electron chi connectivity index (χ4n) is 1.01. The number of carboxylic acid groups (broad SMARTS) is 1. The first-order chi connectivity index (χ1) is 6.54. The highest BCUT2D eigenvalue weighted by Gasteiger charge is 2.15. The van der Waals surface area contributed by atoms with E-state index in [1.54, 1.807) is 0 Å². The summed E-state index contributed by atoms with van der Waals surface area (Å²) in [5, 5.41) is 26.4. The molecule has 0 aliphatic heterocycles. The average Bonchev–Trinajstić information content (AvgIpc) is 2.16. The minimum absolute atomic E-state index is 0.0487. The van der Waals surface area contributed by atoms with Gasteiger partial charge in [-0.3, -0.25) is 0 Å². The molecule has 0 radical (unpaired) electrons. The molecule has 0 atom stereocenters. The summed E-state index contributed by atoms with van der Waals surface area (Å²) in [7, 11) is -0.336. The molecule has 1 rings (SSSR count). The lowest BCUT2D eigenvalue weighted by Crippen LogP contribution is -2.30. The second kappa shape index (κ2) is 4.12. The normalized spacial score (nSPS) is 9.64. The monoisotopic (exact) mass is 196 g/mol. The molecule has 0 fully saturated rings. The van der Waals surface area contributed by atoms with E-state index in [1.165, 1.54) is 25.3 Å². The lowest BCUT2D eigenvalue weighted by Gasteiger charge is -2.05. The number of rotatable bonds is 3. The number of ether oxygens (including phenoxy) is 1. The number of aromatic carboxylic acids is 1. The fraction of sp³-hybridized carbons (Fsp3) is 0.125. The van der Waals surface area contributed by atoms with Gasteiger partial charge in [0.1, 0.15) is 5.75 Å². The van der Waals surface area contributed by atoms with Crippen molar-refractivity contribution in [2.45, 2.75) is 0 Å². The molecule has 0 amide bonds. The topological polar surface area (TPSA) is 87.0 Å². The maximum absolute atomic E-state index is 10.6. The largest absolute Gasteiger partial charge is 0.497 e. The van der Waals surface area contributed by atoms with Gasteiger partial charge in [-0.25, -0.2) is 4.79 Å². The van der Waals surface area contributed by atoms with Crippen LogP contribution in [0.25, 0.3) is 0 Å². The van der Waals surface area contributed by atoms with Gasteiger partial charge in [0.2, 0.25) is 0 Å². The minimum Gasteiger partial charge on any atom is -0.497 e. The van der Waals surface area contributed by atoms with Crippen molar-refractivity contribution in [3.05, 3.63) is 23.8 Å². The van der Waals surface area contributed by atoms with Gasteiger partial charge in [0.15, 0.2) is 0 Å². The van der Waals surface area contributed by atoms with Crippen molar-refractivity contribution in [3.63, 3.8) is 0 Å². The van der Waals surface area contributed by atoms with Crippen LogP contribution in [0, 0.1) is 0 Å². The van der Waals surface area contributed by atoms with Gasteiger partial charge >= 0.3 is 13.1 Å². The van der Waals surface area contributed by atoms with E-state index in [2.05, 4.69) is 0 Å². The Labute approximate surface area is 80.7 Å². The van der Waals surface area contributed by atoms with E-state index in [-0.39, 0.29) is 16.8 Å². The smallest absolute Gasteiger partial charge is 0.488 e. The third kappa shape index (κ3) is 2.24. The van der Waals surface area contributed by atoms with E-state index in [4.69, 9.17) is 19.9 Å². The third-order valence-electron chi connectivity index (χ3n) is 1.71. The SMILES string of the molecule is COc1cc(B(O)O)cc(C(=O)O)c1. The Kier molecular flexibility index (Phi) is 3.11. The van der Waals surface area contributed by atoms with Gasteiger partial charge in [0, 0.05) is 0 Å². The molecule has 14 heavy (non-hydrogen) atoms. The Balaban J connectivity index is 3.20. The first kappa shape index (κ1) is 10.6. The summed E-state index contributed by atoms with van der Waals surface area (Å²) in [6.07, 6.45) is 0. The van der Waals surface area contributed by atoms with Crippen LogP contribution in [0.2, 0.25) is 0 Å². The summed E-state index contributed by atoms with van der Waals surface area (Å²) >= 11 is 0. The standard InChI is InChI=1S/C8H9BO5/c1-14-7-3-5(8(10)11)2-6(4-7)9(12)13/h2-4,12-13H,1H3,(H,10,11). The number of benzene rings is 1. The summed E-state index contributed by atoms with van der Waals surface area (Å²) < 4.78 is 4.81. The molecule has 5 nitrogen and oxygen atoms in total. The number of hydrogen-bond donors (Lipinski definition) is 3. The average molecular weight is 196 g/mol. The lowest BCUT2D eigenvalue weighted by atomic mass is 9.79. The maximum atomic E-state index is 10.6. The number of hydrogen-bond acceptors (Lipinski definition) is 4. The highest BCUT2D eigenvalue weighted by Crippen LogP contribution is 2.11. The van der Waals surface area contributed by atoms with Gasteiger partial charge in [0.25, 0.3) is 0 Å². The van der Waals surface area contributed by atoms with Crippen LogP contribution < -0.4 is 10.2 Å². The maximum Gasteiger partial charge on any atom is 0.488 e. The molecule has 0 aliphatic carbocycles. The summed E-state index contributed by atoms with van der Waals surface area (Å²) in [4.78, 5) is 10.6. The van der Waals surface area contributed by atoms with Crippen LogP contribution in [-0.2, 0) is 0 Å². The molecule has 0 saturated carbocycles. The Bertz CT molecular complexity index is 350. The molecule has 1 aromatic rings. The van der Waals surface area contributed by atoms with Gasteiger partial charge in [0.05, 0.1) is 12.7 Å². The molecule has 0 heterocycles. The molecule has 0 bridgehead atoms. The highest BCUT2D eigenvalue weighted by molar-refractivity contribution is 6.58. The van der Waals surface area contributed by atoms with E-state index < -0.39 is 13.1 Å². The van der Waals surface area contributed by atoms with Crippen LogP contribution in [0.4, 0.5) is 0 Å². The summed E-state index contributed by atoms with van der Waals surface area (Å²) in [6.45, 7) is 0. The zero-order valence-corrected chi connectivity index (χ0v) is 7.47. The first-order valence-electron chi connectivity index (χ1n) is 3.83. The highest BCUT2D eigenvalue weighted by atomic mass is 16.5.